The molecule has 2 heterocycles. The zero-order valence-corrected chi connectivity index (χ0v) is 11.9. The molecule has 0 bridgehead atoms. The number of hydrogen-bond acceptors (Lipinski definition) is 2. The Morgan fingerprint density at radius 3 is 2.76 bits per heavy atom. The molecule has 3 rings (SSSR count). The first kappa shape index (κ1) is 13.4. The minimum Gasteiger partial charge on any atom is -0.358 e. The Labute approximate surface area is 123 Å². The number of carbonyl (C=O) groups excluding carboxylic acids is 1. The number of benzene rings is 1. The second-order valence-corrected chi connectivity index (χ2v) is 5.08. The van der Waals surface area contributed by atoms with Crippen LogP contribution >= 0.6 is 0 Å². The Hall–Kier alpha value is -2.62. The van der Waals surface area contributed by atoms with E-state index in [1.54, 1.807) is 12.4 Å². The molecule has 0 saturated carbocycles. The molecule has 4 nitrogen and oxygen atoms in total. The van der Waals surface area contributed by atoms with Crippen molar-refractivity contribution < 1.29 is 4.79 Å². The van der Waals surface area contributed by atoms with Crippen LogP contribution in [0.5, 0.6) is 0 Å². The molecule has 0 saturated heterocycles. The molecule has 0 fully saturated rings. The van der Waals surface area contributed by atoms with Crippen LogP contribution in [0.15, 0.2) is 48.8 Å². The molecule has 0 radical (unpaired) electrons. The lowest BCUT2D eigenvalue weighted by Crippen LogP contribution is -2.24. The summed E-state index contributed by atoms with van der Waals surface area (Å²) in [4.78, 5) is 19.4. The number of aromatic nitrogens is 2. The zero-order chi connectivity index (χ0) is 14.7. The van der Waals surface area contributed by atoms with Gasteiger partial charge in [-0.05, 0) is 36.2 Å². The molecule has 0 aliphatic heterocycles. The van der Waals surface area contributed by atoms with E-state index < -0.39 is 0 Å². The first-order valence-corrected chi connectivity index (χ1v) is 6.96. The van der Waals surface area contributed by atoms with Gasteiger partial charge in [0.25, 0.3) is 0 Å². The summed E-state index contributed by atoms with van der Waals surface area (Å²) < 4.78 is 0. The molecular formula is C17H17N3O. The molecule has 2 aromatic heterocycles. The summed E-state index contributed by atoms with van der Waals surface area (Å²) in [5, 5.41) is 4.07. The molecule has 3 aromatic rings. The number of hydrogen-bond donors (Lipinski definition) is 2. The highest BCUT2D eigenvalue weighted by Gasteiger charge is 2.11. The van der Waals surface area contributed by atoms with Gasteiger partial charge in [0.15, 0.2) is 0 Å². The maximum absolute atomic E-state index is 12.1. The average Bonchev–Trinajstić information content (AvgIpc) is 2.82. The van der Waals surface area contributed by atoms with Crippen LogP contribution in [0.4, 0.5) is 0 Å². The van der Waals surface area contributed by atoms with Crippen LogP contribution in [0.1, 0.15) is 16.8 Å². The monoisotopic (exact) mass is 279 g/mol. The lowest BCUT2D eigenvalue weighted by Gasteiger charge is -2.05. The number of nitrogens with one attached hydrogen (secondary N) is 2. The van der Waals surface area contributed by atoms with Gasteiger partial charge in [-0.25, -0.2) is 0 Å². The van der Waals surface area contributed by atoms with Crippen molar-refractivity contribution in [2.24, 2.45) is 0 Å². The van der Waals surface area contributed by atoms with Crippen LogP contribution in [0.3, 0.4) is 0 Å². The summed E-state index contributed by atoms with van der Waals surface area (Å²) in [5.74, 6) is 0.0275. The van der Waals surface area contributed by atoms with Crippen molar-refractivity contribution in [2.45, 2.75) is 19.9 Å². The highest BCUT2D eigenvalue weighted by molar-refractivity contribution is 5.90. The van der Waals surface area contributed by atoms with Crippen molar-refractivity contribution in [1.82, 2.24) is 15.3 Å². The van der Waals surface area contributed by atoms with Crippen LogP contribution < -0.4 is 5.32 Å². The van der Waals surface area contributed by atoms with Crippen LogP contribution in [0.2, 0.25) is 0 Å². The van der Waals surface area contributed by atoms with Gasteiger partial charge in [0.05, 0.1) is 6.42 Å². The SMILES string of the molecule is Cc1[nH]c2ccccc2c1CC(=O)NCc1ccncc1. The Bertz CT molecular complexity index is 762. The maximum Gasteiger partial charge on any atom is 0.224 e. The Morgan fingerprint density at radius 1 is 1.19 bits per heavy atom. The van der Waals surface area contributed by atoms with Gasteiger partial charge < -0.3 is 10.3 Å². The standard InChI is InChI=1S/C17H17N3O/c1-12-15(14-4-2-3-5-16(14)20-12)10-17(21)19-11-13-6-8-18-9-7-13/h2-9,20H,10-11H2,1H3,(H,19,21). The molecule has 2 N–H and O–H groups in total. The number of carbonyl (C=O) groups is 1. The molecule has 0 unspecified atom stereocenters. The number of para-hydroxylation sites is 1. The third kappa shape index (κ3) is 2.94. The van der Waals surface area contributed by atoms with Gasteiger partial charge in [0.2, 0.25) is 5.91 Å². The molecular weight excluding hydrogens is 262 g/mol. The molecule has 21 heavy (non-hydrogen) atoms. The van der Waals surface area contributed by atoms with Gasteiger partial charge in [-0.1, -0.05) is 18.2 Å². The topological polar surface area (TPSA) is 57.8 Å². The largest absolute Gasteiger partial charge is 0.358 e. The zero-order valence-electron chi connectivity index (χ0n) is 11.9. The summed E-state index contributed by atoms with van der Waals surface area (Å²) in [6, 6.07) is 11.9. The Kier molecular flexibility index (Phi) is 3.69. The van der Waals surface area contributed by atoms with Crippen molar-refractivity contribution in [3.63, 3.8) is 0 Å². The van der Waals surface area contributed by atoms with Crippen molar-refractivity contribution in [3.05, 3.63) is 65.6 Å². The number of aryl methyl sites for hydroxylation is 1. The van der Waals surface area contributed by atoms with E-state index in [4.69, 9.17) is 0 Å². The fourth-order valence-corrected chi connectivity index (χ4v) is 2.49. The van der Waals surface area contributed by atoms with Gasteiger partial charge in [-0.2, -0.15) is 0 Å². The molecule has 106 valence electrons. The first-order valence-electron chi connectivity index (χ1n) is 6.96. The van der Waals surface area contributed by atoms with Crippen molar-refractivity contribution in [2.75, 3.05) is 0 Å². The third-order valence-electron chi connectivity index (χ3n) is 3.60. The quantitative estimate of drug-likeness (QED) is 0.771. The number of aromatic amines is 1. The summed E-state index contributed by atoms with van der Waals surface area (Å²) >= 11 is 0. The Balaban J connectivity index is 1.70. The fraction of sp³-hybridized carbons (Fsp3) is 0.176. The Morgan fingerprint density at radius 2 is 1.95 bits per heavy atom. The van der Waals surface area contributed by atoms with E-state index in [2.05, 4.69) is 15.3 Å². The van der Waals surface area contributed by atoms with Crippen molar-refractivity contribution in [3.8, 4) is 0 Å². The normalized spacial score (nSPS) is 10.7. The molecule has 1 aromatic carbocycles. The molecule has 0 atom stereocenters. The van der Waals surface area contributed by atoms with E-state index >= 15 is 0 Å². The van der Waals surface area contributed by atoms with Gasteiger partial charge >= 0.3 is 0 Å². The summed E-state index contributed by atoms with van der Waals surface area (Å²) in [6.07, 6.45) is 3.84. The van der Waals surface area contributed by atoms with E-state index in [-0.39, 0.29) is 5.91 Å². The van der Waals surface area contributed by atoms with Crippen LogP contribution in [-0.2, 0) is 17.8 Å². The van der Waals surface area contributed by atoms with Crippen molar-refractivity contribution >= 4 is 16.8 Å². The number of H-pyrrole nitrogens is 1. The number of fused-ring (bicyclic) bond motifs is 1. The molecule has 0 spiro atoms. The van der Waals surface area contributed by atoms with Crippen LogP contribution in [-0.4, -0.2) is 15.9 Å². The third-order valence-corrected chi connectivity index (χ3v) is 3.60. The maximum atomic E-state index is 12.1. The van der Waals surface area contributed by atoms with Gasteiger partial charge in [-0.15, -0.1) is 0 Å². The van der Waals surface area contributed by atoms with E-state index in [1.807, 2.05) is 43.3 Å². The lowest BCUT2D eigenvalue weighted by molar-refractivity contribution is -0.120. The molecule has 0 aliphatic rings. The van der Waals surface area contributed by atoms with E-state index in [1.165, 1.54) is 0 Å². The molecule has 1 amide bonds. The fourth-order valence-electron chi connectivity index (χ4n) is 2.49. The van der Waals surface area contributed by atoms with Crippen LogP contribution in [0, 0.1) is 6.92 Å². The number of rotatable bonds is 4. The predicted octanol–water partition coefficient (Wildman–Crippen LogP) is 2.73. The first-order chi connectivity index (χ1) is 10.2. The predicted molar refractivity (Wildman–Crippen MR) is 82.8 cm³/mol. The van der Waals surface area contributed by atoms with E-state index in [9.17, 15) is 4.79 Å². The lowest BCUT2D eigenvalue weighted by atomic mass is 10.1. The minimum atomic E-state index is 0.0275. The molecule has 4 heteroatoms. The highest BCUT2D eigenvalue weighted by atomic mass is 16.1. The highest BCUT2D eigenvalue weighted by Crippen LogP contribution is 2.22. The number of pyridine rings is 1. The van der Waals surface area contributed by atoms with Gasteiger partial charge in [0, 0.05) is 35.5 Å². The summed E-state index contributed by atoms with van der Waals surface area (Å²) in [6.45, 7) is 2.54. The van der Waals surface area contributed by atoms with Gasteiger partial charge in [0.1, 0.15) is 0 Å². The summed E-state index contributed by atoms with van der Waals surface area (Å²) in [5.41, 5.74) is 4.24. The number of nitrogens with zero attached hydrogens (tertiary/aromatic N) is 1. The smallest absolute Gasteiger partial charge is 0.224 e. The van der Waals surface area contributed by atoms with E-state index in [0.717, 1.165) is 27.7 Å². The van der Waals surface area contributed by atoms with Crippen LogP contribution in [0.25, 0.3) is 10.9 Å². The summed E-state index contributed by atoms with van der Waals surface area (Å²) in [7, 11) is 0. The van der Waals surface area contributed by atoms with E-state index in [0.29, 0.717) is 13.0 Å². The second-order valence-electron chi connectivity index (χ2n) is 5.08. The molecule has 0 aliphatic carbocycles. The minimum absolute atomic E-state index is 0.0275. The number of amides is 1. The van der Waals surface area contributed by atoms with Gasteiger partial charge in [-0.3, -0.25) is 9.78 Å². The average molecular weight is 279 g/mol. The van der Waals surface area contributed by atoms with Crippen molar-refractivity contribution in [1.29, 1.82) is 0 Å². The second kappa shape index (κ2) is 5.79.